The van der Waals surface area contributed by atoms with E-state index in [0.717, 1.165) is 11.3 Å². The Kier molecular flexibility index (Phi) is 4.81. The Morgan fingerprint density at radius 2 is 2.00 bits per heavy atom. The Morgan fingerprint density at radius 1 is 1.19 bits per heavy atom. The summed E-state index contributed by atoms with van der Waals surface area (Å²) in [6.45, 7) is 3.16. The van der Waals surface area contributed by atoms with Gasteiger partial charge in [-0.3, -0.25) is 14.8 Å². The molecule has 7 heteroatoms. The van der Waals surface area contributed by atoms with E-state index >= 15 is 0 Å². The number of piperidine rings is 1. The van der Waals surface area contributed by atoms with Crippen molar-refractivity contribution in [3.8, 4) is 0 Å². The second-order valence-corrected chi connectivity index (χ2v) is 6.54. The number of nitrogens with one attached hydrogen (secondary N) is 1. The Balaban J connectivity index is 1.37. The quantitative estimate of drug-likeness (QED) is 0.906. The van der Waals surface area contributed by atoms with Crippen LogP contribution in [0.5, 0.6) is 0 Å². The fourth-order valence-electron chi connectivity index (χ4n) is 3.36. The van der Waals surface area contributed by atoms with Gasteiger partial charge in [0.15, 0.2) is 5.79 Å². The van der Waals surface area contributed by atoms with Crippen LogP contribution < -0.4 is 5.32 Å². The second kappa shape index (κ2) is 7.39. The number of anilines is 1. The van der Waals surface area contributed by atoms with E-state index in [9.17, 15) is 4.79 Å². The maximum absolute atomic E-state index is 12.8. The van der Waals surface area contributed by atoms with Crippen molar-refractivity contribution in [2.45, 2.75) is 25.2 Å². The van der Waals surface area contributed by atoms with Gasteiger partial charge in [0.1, 0.15) is 5.69 Å². The summed E-state index contributed by atoms with van der Waals surface area (Å²) in [5, 5.41) is 3.31. The average Bonchev–Trinajstić information content (AvgIpc) is 3.15. The maximum Gasteiger partial charge on any atom is 0.272 e. The van der Waals surface area contributed by atoms with Gasteiger partial charge in [0.2, 0.25) is 0 Å². The fourth-order valence-corrected chi connectivity index (χ4v) is 3.36. The van der Waals surface area contributed by atoms with Gasteiger partial charge in [-0.25, -0.2) is 0 Å². The molecule has 26 heavy (non-hydrogen) atoms. The van der Waals surface area contributed by atoms with Crippen molar-refractivity contribution in [1.29, 1.82) is 0 Å². The first-order valence-electron chi connectivity index (χ1n) is 8.90. The monoisotopic (exact) mass is 354 g/mol. The van der Waals surface area contributed by atoms with E-state index in [4.69, 9.17) is 9.47 Å². The van der Waals surface area contributed by atoms with Crippen molar-refractivity contribution in [3.63, 3.8) is 0 Å². The van der Waals surface area contributed by atoms with Crippen LogP contribution in [-0.4, -0.2) is 52.9 Å². The van der Waals surface area contributed by atoms with Crippen LogP contribution in [0.1, 0.15) is 28.9 Å². The van der Waals surface area contributed by atoms with Crippen LogP contribution in [0.4, 0.5) is 5.69 Å². The average molecular weight is 354 g/mol. The van der Waals surface area contributed by atoms with Gasteiger partial charge in [-0.05, 0) is 23.8 Å². The van der Waals surface area contributed by atoms with E-state index in [0.29, 0.717) is 51.4 Å². The highest BCUT2D eigenvalue weighted by Gasteiger charge is 2.41. The van der Waals surface area contributed by atoms with Crippen molar-refractivity contribution in [2.75, 3.05) is 31.6 Å². The minimum absolute atomic E-state index is 0.0529. The molecule has 4 rings (SSSR count). The molecule has 2 aromatic heterocycles. The van der Waals surface area contributed by atoms with E-state index in [1.807, 2.05) is 29.3 Å². The minimum atomic E-state index is -0.475. The van der Waals surface area contributed by atoms with Gasteiger partial charge in [0.25, 0.3) is 5.91 Å². The van der Waals surface area contributed by atoms with E-state index in [1.165, 1.54) is 0 Å². The van der Waals surface area contributed by atoms with E-state index in [-0.39, 0.29) is 5.91 Å². The maximum atomic E-state index is 12.8. The predicted octanol–water partition coefficient (Wildman–Crippen LogP) is 2.07. The lowest BCUT2D eigenvalue weighted by atomic mass is 10.0. The highest BCUT2D eigenvalue weighted by Crippen LogP contribution is 2.31. The number of hydrogen-bond donors (Lipinski definition) is 1. The Morgan fingerprint density at radius 3 is 2.73 bits per heavy atom. The lowest BCUT2D eigenvalue weighted by Crippen LogP contribution is -2.47. The summed E-state index contributed by atoms with van der Waals surface area (Å²) in [7, 11) is 0. The third-order valence-electron chi connectivity index (χ3n) is 4.82. The number of ether oxygens (including phenoxy) is 2. The van der Waals surface area contributed by atoms with Crippen molar-refractivity contribution in [3.05, 3.63) is 54.1 Å². The Labute approximate surface area is 152 Å². The van der Waals surface area contributed by atoms with Crippen LogP contribution >= 0.6 is 0 Å². The number of carbonyl (C=O) groups is 1. The number of likely N-dealkylation sites (tertiary alicyclic amines) is 1. The molecule has 4 heterocycles. The molecule has 1 spiro atoms. The molecule has 7 nitrogen and oxygen atoms in total. The normalized spacial score (nSPS) is 18.8. The van der Waals surface area contributed by atoms with Crippen molar-refractivity contribution >= 4 is 11.6 Å². The van der Waals surface area contributed by atoms with Gasteiger partial charge in [-0.15, -0.1) is 0 Å². The van der Waals surface area contributed by atoms with Crippen LogP contribution in [0, 0.1) is 0 Å². The van der Waals surface area contributed by atoms with Crippen LogP contribution in [0.25, 0.3) is 0 Å². The molecular formula is C19H22N4O3. The number of hydrogen-bond acceptors (Lipinski definition) is 6. The number of amides is 1. The van der Waals surface area contributed by atoms with Gasteiger partial charge in [-0.2, -0.15) is 0 Å². The van der Waals surface area contributed by atoms with Gasteiger partial charge in [0, 0.05) is 56.8 Å². The lowest BCUT2D eigenvalue weighted by molar-refractivity contribution is -0.181. The summed E-state index contributed by atoms with van der Waals surface area (Å²) in [6, 6.07) is 7.56. The molecule has 0 bridgehead atoms. The molecule has 0 unspecified atom stereocenters. The topological polar surface area (TPSA) is 76.6 Å². The zero-order valence-electron chi connectivity index (χ0n) is 14.6. The Hall–Kier alpha value is -2.51. The van der Waals surface area contributed by atoms with Crippen LogP contribution in [0.15, 0.2) is 42.9 Å². The third-order valence-corrected chi connectivity index (χ3v) is 4.82. The standard InChI is InChI=1S/C19H22N4O3/c24-18(23-8-4-19(5-9-23)25-10-11-26-19)17-12-16(3-7-21-17)22-14-15-2-1-6-20-13-15/h1-3,6-7,12-13H,4-5,8-11,14H2,(H,21,22). The molecule has 2 aliphatic heterocycles. The van der Waals surface area contributed by atoms with Gasteiger partial charge >= 0.3 is 0 Å². The second-order valence-electron chi connectivity index (χ2n) is 6.54. The van der Waals surface area contributed by atoms with E-state index in [2.05, 4.69) is 15.3 Å². The van der Waals surface area contributed by atoms with Crippen LogP contribution in [-0.2, 0) is 16.0 Å². The molecule has 1 amide bonds. The summed E-state index contributed by atoms with van der Waals surface area (Å²) in [5.41, 5.74) is 2.39. The number of carbonyl (C=O) groups excluding carboxylic acids is 1. The molecule has 0 atom stereocenters. The molecule has 0 aliphatic carbocycles. The Bertz CT molecular complexity index is 752. The number of rotatable bonds is 4. The first kappa shape index (κ1) is 16.9. The molecule has 1 N–H and O–H groups in total. The molecule has 0 aromatic carbocycles. The first-order valence-corrected chi connectivity index (χ1v) is 8.90. The zero-order valence-corrected chi connectivity index (χ0v) is 14.6. The summed E-state index contributed by atoms with van der Waals surface area (Å²) in [6.07, 6.45) is 6.64. The first-order chi connectivity index (χ1) is 12.7. The summed E-state index contributed by atoms with van der Waals surface area (Å²) in [5.74, 6) is -0.528. The number of aromatic nitrogens is 2. The third kappa shape index (κ3) is 3.68. The predicted molar refractivity (Wildman–Crippen MR) is 95.6 cm³/mol. The van der Waals surface area contributed by atoms with Gasteiger partial charge in [0.05, 0.1) is 13.2 Å². The smallest absolute Gasteiger partial charge is 0.272 e. The molecule has 0 saturated carbocycles. The molecule has 136 valence electrons. The highest BCUT2D eigenvalue weighted by molar-refractivity contribution is 5.93. The summed E-state index contributed by atoms with van der Waals surface area (Å²) >= 11 is 0. The van der Waals surface area contributed by atoms with Crippen molar-refractivity contribution < 1.29 is 14.3 Å². The summed E-state index contributed by atoms with van der Waals surface area (Å²) in [4.78, 5) is 22.9. The van der Waals surface area contributed by atoms with E-state index in [1.54, 1.807) is 18.5 Å². The molecule has 0 radical (unpaired) electrons. The molecule has 2 fully saturated rings. The molecule has 2 aliphatic rings. The number of pyridine rings is 2. The van der Waals surface area contributed by atoms with Gasteiger partial charge < -0.3 is 19.7 Å². The van der Waals surface area contributed by atoms with E-state index < -0.39 is 5.79 Å². The van der Waals surface area contributed by atoms with Gasteiger partial charge in [-0.1, -0.05) is 6.07 Å². The van der Waals surface area contributed by atoms with Crippen molar-refractivity contribution in [2.24, 2.45) is 0 Å². The zero-order chi connectivity index (χ0) is 17.8. The molecule has 2 saturated heterocycles. The summed E-state index contributed by atoms with van der Waals surface area (Å²) < 4.78 is 11.4. The fraction of sp³-hybridized carbons (Fsp3) is 0.421. The minimum Gasteiger partial charge on any atom is -0.381 e. The van der Waals surface area contributed by atoms with Crippen LogP contribution in [0.3, 0.4) is 0 Å². The SMILES string of the molecule is O=C(c1cc(NCc2cccnc2)ccn1)N1CCC2(CC1)OCCO2. The van der Waals surface area contributed by atoms with Crippen LogP contribution in [0.2, 0.25) is 0 Å². The molecular weight excluding hydrogens is 332 g/mol. The molecule has 2 aromatic rings. The highest BCUT2D eigenvalue weighted by atomic mass is 16.7. The largest absolute Gasteiger partial charge is 0.381 e. The van der Waals surface area contributed by atoms with Crippen molar-refractivity contribution in [1.82, 2.24) is 14.9 Å². The lowest BCUT2D eigenvalue weighted by Gasteiger charge is -2.37. The number of nitrogens with zero attached hydrogens (tertiary/aromatic N) is 3.